The normalized spacial score (nSPS) is 24.6. The molecule has 2 N–H and O–H groups in total. The van der Waals surface area contributed by atoms with Gasteiger partial charge in [0.1, 0.15) is 17.2 Å². The number of fused-ring (bicyclic) bond motifs is 3. The average molecular weight is 459 g/mol. The Balaban J connectivity index is 1.69. The van der Waals surface area contributed by atoms with Gasteiger partial charge < -0.3 is 10.4 Å². The molecule has 2 aliphatic rings. The highest BCUT2D eigenvalue weighted by molar-refractivity contribution is 5.91. The van der Waals surface area contributed by atoms with E-state index in [0.29, 0.717) is 24.2 Å². The third kappa shape index (κ3) is 3.46. The molecule has 174 valence electrons. The van der Waals surface area contributed by atoms with Crippen LogP contribution in [0, 0.1) is 12.7 Å². The van der Waals surface area contributed by atoms with Crippen molar-refractivity contribution in [1.82, 2.24) is 9.97 Å². The summed E-state index contributed by atoms with van der Waals surface area (Å²) in [6.07, 6.45) is -0.00859. The molecule has 0 bridgehead atoms. The van der Waals surface area contributed by atoms with Crippen LogP contribution in [0.25, 0.3) is 10.9 Å². The van der Waals surface area contributed by atoms with E-state index in [2.05, 4.69) is 15.3 Å². The summed E-state index contributed by atoms with van der Waals surface area (Å²) in [6.45, 7) is 1.61. The number of rotatable bonds is 2. The number of halogens is 4. The Kier molecular flexibility index (Phi) is 5.12. The van der Waals surface area contributed by atoms with Crippen LogP contribution in [0.3, 0.4) is 0 Å². The monoisotopic (exact) mass is 459 g/mol. The quantitative estimate of drug-likeness (QED) is 0.453. The van der Waals surface area contributed by atoms with Gasteiger partial charge in [-0.2, -0.15) is 13.2 Å². The molecule has 0 unspecified atom stereocenters. The smallest absolute Gasteiger partial charge is 0.379 e. The molecule has 1 heterocycles. The number of anilines is 1. The maximum absolute atomic E-state index is 14.6. The van der Waals surface area contributed by atoms with Crippen molar-refractivity contribution in [2.75, 3.05) is 5.32 Å². The molecule has 0 saturated heterocycles. The largest absolute Gasteiger partial charge is 0.419 e. The molecule has 2 aliphatic carbocycles. The van der Waals surface area contributed by atoms with Crippen molar-refractivity contribution in [2.45, 2.75) is 68.7 Å². The molecule has 4 nitrogen and oxygen atoms in total. The van der Waals surface area contributed by atoms with E-state index in [-0.39, 0.29) is 16.6 Å². The Morgan fingerprint density at radius 2 is 1.79 bits per heavy atom. The lowest BCUT2D eigenvalue weighted by Gasteiger charge is -2.52. The van der Waals surface area contributed by atoms with Crippen molar-refractivity contribution < 1.29 is 22.7 Å². The second kappa shape index (κ2) is 7.65. The first-order chi connectivity index (χ1) is 15.6. The Hall–Kier alpha value is -2.74. The first-order valence-electron chi connectivity index (χ1n) is 11.2. The third-order valence-corrected chi connectivity index (χ3v) is 7.35. The molecule has 8 heteroatoms. The van der Waals surface area contributed by atoms with E-state index >= 15 is 0 Å². The second-order valence-corrected chi connectivity index (χ2v) is 9.38. The van der Waals surface area contributed by atoms with Gasteiger partial charge in [-0.25, -0.2) is 14.4 Å². The molecule has 2 atom stereocenters. The minimum Gasteiger partial charge on any atom is -0.379 e. The highest BCUT2D eigenvalue weighted by Gasteiger charge is 2.65. The van der Waals surface area contributed by atoms with Gasteiger partial charge in [0.25, 0.3) is 0 Å². The van der Waals surface area contributed by atoms with Crippen LogP contribution in [0.5, 0.6) is 0 Å². The van der Waals surface area contributed by atoms with E-state index in [1.807, 2.05) is 12.1 Å². The van der Waals surface area contributed by atoms with E-state index in [0.717, 1.165) is 24.8 Å². The maximum Gasteiger partial charge on any atom is 0.419 e. The zero-order valence-corrected chi connectivity index (χ0v) is 18.2. The van der Waals surface area contributed by atoms with Gasteiger partial charge in [0.2, 0.25) is 0 Å². The van der Waals surface area contributed by atoms with Crippen molar-refractivity contribution in [3.05, 3.63) is 65.4 Å². The molecule has 0 aliphatic heterocycles. The summed E-state index contributed by atoms with van der Waals surface area (Å²) in [7, 11) is 0. The van der Waals surface area contributed by atoms with Crippen LogP contribution in [0.4, 0.5) is 23.2 Å². The van der Waals surface area contributed by atoms with Crippen molar-refractivity contribution in [1.29, 1.82) is 0 Å². The number of nitrogens with one attached hydrogen (secondary N) is 1. The lowest BCUT2D eigenvalue weighted by atomic mass is 9.57. The molecule has 1 saturated carbocycles. The summed E-state index contributed by atoms with van der Waals surface area (Å²) in [4.78, 5) is 8.21. The number of aromatic nitrogens is 2. The number of nitrogens with zero attached hydrogens (tertiary/aromatic N) is 2. The van der Waals surface area contributed by atoms with Gasteiger partial charge in [-0.05, 0) is 54.9 Å². The van der Waals surface area contributed by atoms with Crippen LogP contribution in [0.15, 0.2) is 42.6 Å². The van der Waals surface area contributed by atoms with Gasteiger partial charge in [-0.1, -0.05) is 43.5 Å². The molecule has 0 radical (unpaired) electrons. The fourth-order valence-electron chi connectivity index (χ4n) is 5.79. The molecular weight excluding hydrogens is 434 g/mol. The summed E-state index contributed by atoms with van der Waals surface area (Å²) >= 11 is 0. The minimum absolute atomic E-state index is 0.0240. The van der Waals surface area contributed by atoms with Crippen LogP contribution < -0.4 is 5.32 Å². The number of hydrogen-bond acceptors (Lipinski definition) is 4. The summed E-state index contributed by atoms with van der Waals surface area (Å²) < 4.78 is 58.1. The SMILES string of the molecule is Cc1ncc2c(N[C@H]3c4ccccc4C4(CCCCC4)C[C@@]3(O)C(F)(F)F)ccc(F)c2n1. The van der Waals surface area contributed by atoms with Crippen LogP contribution in [0.1, 0.15) is 61.5 Å². The number of alkyl halides is 3. The van der Waals surface area contributed by atoms with Gasteiger partial charge in [-0.15, -0.1) is 0 Å². The predicted octanol–water partition coefficient (Wildman–Crippen LogP) is 6.13. The molecule has 1 spiro atoms. The highest BCUT2D eigenvalue weighted by atomic mass is 19.4. The predicted molar refractivity (Wildman–Crippen MR) is 117 cm³/mol. The Morgan fingerprint density at radius 3 is 2.52 bits per heavy atom. The van der Waals surface area contributed by atoms with Crippen molar-refractivity contribution in [3.63, 3.8) is 0 Å². The van der Waals surface area contributed by atoms with Crippen molar-refractivity contribution >= 4 is 16.6 Å². The molecule has 1 aromatic heterocycles. The van der Waals surface area contributed by atoms with Crippen LogP contribution in [0.2, 0.25) is 0 Å². The van der Waals surface area contributed by atoms with Gasteiger partial charge in [0.05, 0.1) is 6.04 Å². The Bertz CT molecular complexity index is 1210. The molecule has 0 amide bonds. The highest BCUT2D eigenvalue weighted by Crippen LogP contribution is 2.58. The minimum atomic E-state index is -4.87. The van der Waals surface area contributed by atoms with Crippen LogP contribution >= 0.6 is 0 Å². The number of hydrogen-bond donors (Lipinski definition) is 2. The first kappa shape index (κ1) is 22.1. The maximum atomic E-state index is 14.6. The average Bonchev–Trinajstić information content (AvgIpc) is 2.78. The van der Waals surface area contributed by atoms with Crippen LogP contribution in [-0.4, -0.2) is 26.9 Å². The van der Waals surface area contributed by atoms with Gasteiger partial charge >= 0.3 is 6.18 Å². The molecule has 2 aromatic carbocycles. The number of aliphatic hydroxyl groups is 1. The van der Waals surface area contributed by atoms with Gasteiger partial charge in [0.15, 0.2) is 5.60 Å². The topological polar surface area (TPSA) is 58.0 Å². The summed E-state index contributed by atoms with van der Waals surface area (Å²) in [6, 6.07) is 8.17. The lowest BCUT2D eigenvalue weighted by molar-refractivity contribution is -0.277. The van der Waals surface area contributed by atoms with Crippen molar-refractivity contribution in [2.24, 2.45) is 0 Å². The molecular formula is C25H25F4N3O. The standard InChI is InChI=1S/C25H25F4N3O/c1-15-30-13-17-20(10-9-19(26)21(17)31-15)32-22-16-7-3-4-8-18(16)23(11-5-2-6-12-23)14-24(22,33)25(27,28)29/h3-4,7-10,13,22,32-33H,2,5-6,11-12,14H2,1H3/t22-,24-/m0/s1. The number of aryl methyl sites for hydroxylation is 1. The molecule has 1 fully saturated rings. The fourth-order valence-corrected chi connectivity index (χ4v) is 5.79. The zero-order chi connectivity index (χ0) is 23.4. The van der Waals surface area contributed by atoms with Crippen LogP contribution in [-0.2, 0) is 5.41 Å². The fraction of sp³-hybridized carbons (Fsp3) is 0.440. The van der Waals surface area contributed by atoms with E-state index in [4.69, 9.17) is 0 Å². The first-order valence-corrected chi connectivity index (χ1v) is 11.2. The van der Waals surface area contributed by atoms with Gasteiger partial charge in [-0.3, -0.25) is 0 Å². The number of benzene rings is 2. The summed E-state index contributed by atoms with van der Waals surface area (Å²) in [5.74, 6) is -0.232. The molecule has 3 aromatic rings. The lowest BCUT2D eigenvalue weighted by Crippen LogP contribution is -2.59. The van der Waals surface area contributed by atoms with E-state index in [9.17, 15) is 22.7 Å². The second-order valence-electron chi connectivity index (χ2n) is 9.38. The third-order valence-electron chi connectivity index (χ3n) is 7.35. The van der Waals surface area contributed by atoms with E-state index in [1.165, 1.54) is 18.3 Å². The van der Waals surface area contributed by atoms with E-state index in [1.54, 1.807) is 19.1 Å². The van der Waals surface area contributed by atoms with Crippen molar-refractivity contribution in [3.8, 4) is 0 Å². The summed E-state index contributed by atoms with van der Waals surface area (Å²) in [5, 5.41) is 14.6. The van der Waals surface area contributed by atoms with E-state index < -0.39 is 35.5 Å². The molecule has 33 heavy (non-hydrogen) atoms. The summed E-state index contributed by atoms with van der Waals surface area (Å²) in [5.41, 5.74) is -2.16. The Morgan fingerprint density at radius 1 is 1.06 bits per heavy atom. The zero-order valence-electron chi connectivity index (χ0n) is 18.2. The Labute approximate surface area is 189 Å². The van der Waals surface area contributed by atoms with Gasteiger partial charge in [0, 0.05) is 17.3 Å². The molecule has 5 rings (SSSR count).